The van der Waals surface area contributed by atoms with Gasteiger partial charge in [0.2, 0.25) is 0 Å². The van der Waals surface area contributed by atoms with Gasteiger partial charge in [-0.05, 0) is 35.9 Å². The summed E-state index contributed by atoms with van der Waals surface area (Å²) in [6, 6.07) is 17.4. The zero-order valence-electron chi connectivity index (χ0n) is 14.4. The summed E-state index contributed by atoms with van der Waals surface area (Å²) in [4.78, 5) is 27.9. The van der Waals surface area contributed by atoms with Crippen LogP contribution in [0.4, 0.5) is 5.69 Å². The number of rotatable bonds is 5. The molecule has 0 saturated heterocycles. The van der Waals surface area contributed by atoms with E-state index in [0.29, 0.717) is 37.5 Å². The molecule has 4 nitrogen and oxygen atoms in total. The fourth-order valence-corrected chi connectivity index (χ4v) is 4.47. The van der Waals surface area contributed by atoms with E-state index in [1.807, 2.05) is 36.4 Å². The van der Waals surface area contributed by atoms with Crippen molar-refractivity contribution in [3.63, 3.8) is 0 Å². The van der Waals surface area contributed by atoms with Crippen molar-refractivity contribution in [2.24, 2.45) is 0 Å². The number of carbonyl (C=O) groups excluding carboxylic acids is 2. The normalized spacial score (nSPS) is 14.3. The van der Waals surface area contributed by atoms with E-state index in [-0.39, 0.29) is 0 Å². The Labute approximate surface area is 175 Å². The van der Waals surface area contributed by atoms with E-state index in [1.54, 1.807) is 30.5 Å². The first-order valence-electron chi connectivity index (χ1n) is 8.34. The van der Waals surface area contributed by atoms with Crippen LogP contribution in [0, 0.1) is 0 Å². The van der Waals surface area contributed by atoms with Crippen molar-refractivity contribution in [3.8, 4) is 0 Å². The molecule has 3 aromatic rings. The van der Waals surface area contributed by atoms with Gasteiger partial charge in [-0.25, -0.2) is 4.90 Å². The Morgan fingerprint density at radius 3 is 2.25 bits per heavy atom. The Bertz CT molecular complexity index is 1060. The third-order valence-corrected chi connectivity index (χ3v) is 5.68. The van der Waals surface area contributed by atoms with E-state index in [0.717, 1.165) is 10.7 Å². The lowest BCUT2D eigenvalue weighted by atomic mass is 10.1. The molecule has 0 fully saturated rings. The van der Waals surface area contributed by atoms with Gasteiger partial charge in [0.1, 0.15) is 5.76 Å². The average Bonchev–Trinajstić information content (AvgIpc) is 3.26. The fourth-order valence-electron chi connectivity index (χ4n) is 2.94. The molecular weight excluding hydrogens is 417 g/mol. The number of imide groups is 1. The Morgan fingerprint density at radius 2 is 1.61 bits per heavy atom. The maximum Gasteiger partial charge on any atom is 0.272 e. The van der Waals surface area contributed by atoms with Crippen molar-refractivity contribution < 1.29 is 14.0 Å². The number of hydrogen-bond donors (Lipinski definition) is 0. The highest BCUT2D eigenvalue weighted by Gasteiger charge is 2.40. The van der Waals surface area contributed by atoms with Crippen LogP contribution in [0.1, 0.15) is 11.3 Å². The molecule has 0 bridgehead atoms. The highest BCUT2D eigenvalue weighted by atomic mass is 35.5. The summed E-state index contributed by atoms with van der Waals surface area (Å²) >= 11 is 13.4. The SMILES string of the molecule is O=C1C(SCc2ccco2)=C(c2ccccc2)C(=O)N1c1cc(Cl)cc(Cl)c1. The first kappa shape index (κ1) is 18.9. The van der Waals surface area contributed by atoms with Crippen LogP contribution in [0.3, 0.4) is 0 Å². The van der Waals surface area contributed by atoms with Gasteiger partial charge in [-0.3, -0.25) is 9.59 Å². The van der Waals surface area contributed by atoms with Crippen LogP contribution in [-0.4, -0.2) is 11.8 Å². The van der Waals surface area contributed by atoms with Crippen LogP contribution in [0.2, 0.25) is 10.0 Å². The van der Waals surface area contributed by atoms with Crippen LogP contribution in [0.5, 0.6) is 0 Å². The van der Waals surface area contributed by atoms with Crippen molar-refractivity contribution in [2.75, 3.05) is 4.90 Å². The number of nitrogens with zero attached hydrogens (tertiary/aromatic N) is 1. The predicted octanol–water partition coefficient (Wildman–Crippen LogP) is 5.80. The molecule has 140 valence electrons. The second kappa shape index (κ2) is 7.87. The van der Waals surface area contributed by atoms with Gasteiger partial charge in [0.25, 0.3) is 11.8 Å². The summed E-state index contributed by atoms with van der Waals surface area (Å²) in [5, 5.41) is 0.696. The van der Waals surface area contributed by atoms with Crippen molar-refractivity contribution in [1.82, 2.24) is 0 Å². The molecule has 2 heterocycles. The van der Waals surface area contributed by atoms with Gasteiger partial charge in [0.15, 0.2) is 0 Å². The minimum atomic E-state index is -0.406. The first-order chi connectivity index (χ1) is 13.5. The summed E-state index contributed by atoms with van der Waals surface area (Å²) in [6.45, 7) is 0. The number of amides is 2. The van der Waals surface area contributed by atoms with Crippen LogP contribution in [-0.2, 0) is 15.3 Å². The van der Waals surface area contributed by atoms with E-state index in [4.69, 9.17) is 27.6 Å². The molecule has 0 N–H and O–H groups in total. The predicted molar refractivity (Wildman–Crippen MR) is 112 cm³/mol. The van der Waals surface area contributed by atoms with Crippen LogP contribution in [0.15, 0.2) is 76.2 Å². The molecule has 7 heteroatoms. The number of thioether (sulfide) groups is 1. The maximum atomic E-state index is 13.2. The van der Waals surface area contributed by atoms with Gasteiger partial charge in [-0.2, -0.15) is 0 Å². The molecule has 0 unspecified atom stereocenters. The third kappa shape index (κ3) is 3.61. The zero-order chi connectivity index (χ0) is 19.7. The first-order valence-corrected chi connectivity index (χ1v) is 10.1. The van der Waals surface area contributed by atoms with E-state index in [9.17, 15) is 9.59 Å². The summed E-state index contributed by atoms with van der Waals surface area (Å²) in [7, 11) is 0. The Hall–Kier alpha value is -2.47. The second-order valence-electron chi connectivity index (χ2n) is 6.01. The highest BCUT2D eigenvalue weighted by molar-refractivity contribution is 8.03. The second-order valence-corrected chi connectivity index (χ2v) is 7.87. The Balaban J connectivity index is 1.76. The van der Waals surface area contributed by atoms with Gasteiger partial charge < -0.3 is 4.42 Å². The molecule has 1 aromatic heterocycles. The minimum Gasteiger partial charge on any atom is -0.468 e. The largest absolute Gasteiger partial charge is 0.468 e. The van der Waals surface area contributed by atoms with E-state index < -0.39 is 11.8 Å². The molecular formula is C21H13Cl2NO3S. The smallest absolute Gasteiger partial charge is 0.272 e. The van der Waals surface area contributed by atoms with Gasteiger partial charge >= 0.3 is 0 Å². The molecule has 0 saturated carbocycles. The number of carbonyl (C=O) groups is 2. The Kier molecular flexibility index (Phi) is 5.31. The van der Waals surface area contributed by atoms with Crippen molar-refractivity contribution in [2.45, 2.75) is 5.75 Å². The lowest BCUT2D eigenvalue weighted by Gasteiger charge is -2.16. The Morgan fingerprint density at radius 1 is 0.893 bits per heavy atom. The molecule has 1 aliphatic rings. The molecule has 0 radical (unpaired) electrons. The van der Waals surface area contributed by atoms with E-state index in [2.05, 4.69) is 0 Å². The van der Waals surface area contributed by atoms with Gasteiger partial charge in [0, 0.05) is 10.0 Å². The molecule has 2 aromatic carbocycles. The lowest BCUT2D eigenvalue weighted by molar-refractivity contribution is -0.119. The van der Waals surface area contributed by atoms with Crippen molar-refractivity contribution in [3.05, 3.63) is 93.2 Å². The van der Waals surface area contributed by atoms with Crippen LogP contribution < -0.4 is 4.90 Å². The van der Waals surface area contributed by atoms with E-state index in [1.165, 1.54) is 11.8 Å². The third-order valence-electron chi connectivity index (χ3n) is 4.15. The van der Waals surface area contributed by atoms with Crippen LogP contribution in [0.25, 0.3) is 5.57 Å². The zero-order valence-corrected chi connectivity index (χ0v) is 16.7. The summed E-state index contributed by atoms with van der Waals surface area (Å²) in [6.07, 6.45) is 1.57. The number of anilines is 1. The molecule has 0 spiro atoms. The molecule has 0 aliphatic carbocycles. The monoisotopic (exact) mass is 429 g/mol. The van der Waals surface area contributed by atoms with Gasteiger partial charge in [0.05, 0.1) is 28.2 Å². The van der Waals surface area contributed by atoms with E-state index >= 15 is 0 Å². The van der Waals surface area contributed by atoms with Gasteiger partial charge in [-0.1, -0.05) is 53.5 Å². The molecule has 1 aliphatic heterocycles. The molecule has 28 heavy (non-hydrogen) atoms. The number of benzene rings is 2. The van der Waals surface area contributed by atoms with Crippen molar-refractivity contribution >= 4 is 58.0 Å². The minimum absolute atomic E-state index is 0.342. The fraction of sp³-hybridized carbons (Fsp3) is 0.0476. The number of hydrogen-bond acceptors (Lipinski definition) is 4. The average molecular weight is 430 g/mol. The molecule has 4 rings (SSSR count). The lowest BCUT2D eigenvalue weighted by Crippen LogP contribution is -2.31. The number of furan rings is 1. The number of halogens is 2. The summed E-state index contributed by atoms with van der Waals surface area (Å²) in [5.41, 5.74) is 1.38. The molecule has 2 amide bonds. The maximum absolute atomic E-state index is 13.2. The standard InChI is InChI=1S/C21H13Cl2NO3S/c22-14-9-15(23)11-16(10-14)24-20(25)18(13-5-2-1-3-6-13)19(21(24)26)28-12-17-7-4-8-27-17/h1-11H,12H2. The molecule has 0 atom stereocenters. The van der Waals surface area contributed by atoms with Crippen LogP contribution >= 0.6 is 35.0 Å². The van der Waals surface area contributed by atoms with Gasteiger partial charge in [-0.15, -0.1) is 11.8 Å². The quantitative estimate of drug-likeness (QED) is 0.480. The summed E-state index contributed by atoms with van der Waals surface area (Å²) in [5.74, 6) is 0.339. The van der Waals surface area contributed by atoms with Crippen molar-refractivity contribution in [1.29, 1.82) is 0 Å². The topological polar surface area (TPSA) is 50.5 Å². The highest BCUT2D eigenvalue weighted by Crippen LogP contribution is 2.40. The summed E-state index contributed by atoms with van der Waals surface area (Å²) < 4.78 is 5.35.